The Morgan fingerprint density at radius 2 is 1.66 bits per heavy atom. The van der Waals surface area contributed by atoms with Crippen molar-refractivity contribution < 1.29 is 9.90 Å². The third kappa shape index (κ3) is 4.79. The molecule has 0 aliphatic rings. The molecule has 2 aromatic carbocycles. The van der Waals surface area contributed by atoms with Gasteiger partial charge in [0, 0.05) is 18.4 Å². The van der Waals surface area contributed by atoms with Crippen LogP contribution in [0.2, 0.25) is 15.2 Å². The van der Waals surface area contributed by atoms with Crippen LogP contribution in [0.4, 0.5) is 17.1 Å². The minimum absolute atomic E-state index is 0.0151. The summed E-state index contributed by atoms with van der Waals surface area (Å²) in [7, 11) is 1.98. The number of nitrogens with one attached hydrogen (secondary N) is 1. The molecule has 3 aromatic rings. The number of halogens is 3. The van der Waals surface area contributed by atoms with Crippen LogP contribution in [0.15, 0.2) is 59.7 Å². The number of rotatable bonds is 6. The van der Waals surface area contributed by atoms with Gasteiger partial charge >= 0.3 is 5.97 Å². The fraction of sp³-hybridized carbons (Fsp3) is 0.0500. The molecule has 1 heterocycles. The van der Waals surface area contributed by atoms with Gasteiger partial charge in [0.15, 0.2) is 10.8 Å². The molecule has 1 aromatic heterocycles. The van der Waals surface area contributed by atoms with Crippen LogP contribution in [0, 0.1) is 0 Å². The van der Waals surface area contributed by atoms with Crippen LogP contribution in [0.1, 0.15) is 16.1 Å². The van der Waals surface area contributed by atoms with E-state index < -0.39 is 11.7 Å². The Morgan fingerprint density at radius 1 is 1.03 bits per heavy atom. The molecule has 9 heteroatoms. The van der Waals surface area contributed by atoms with E-state index in [1.54, 1.807) is 6.21 Å². The maximum absolute atomic E-state index is 11.2. The van der Waals surface area contributed by atoms with Crippen molar-refractivity contribution in [2.24, 2.45) is 5.10 Å². The van der Waals surface area contributed by atoms with E-state index in [2.05, 4.69) is 20.4 Å². The lowest BCUT2D eigenvalue weighted by Gasteiger charge is -2.19. The molecule has 3 rings (SSSR count). The van der Waals surface area contributed by atoms with E-state index in [1.807, 2.05) is 61.6 Å². The monoisotopic (exact) mass is 448 g/mol. The molecule has 6 nitrogen and oxygen atoms in total. The van der Waals surface area contributed by atoms with Crippen LogP contribution in [0.25, 0.3) is 0 Å². The third-order valence-electron chi connectivity index (χ3n) is 4.05. The average molecular weight is 450 g/mol. The minimum Gasteiger partial charge on any atom is -0.476 e. The number of aromatic nitrogens is 1. The Kier molecular flexibility index (Phi) is 6.59. The molecule has 29 heavy (non-hydrogen) atoms. The van der Waals surface area contributed by atoms with Crippen molar-refractivity contribution in [2.45, 2.75) is 0 Å². The fourth-order valence-electron chi connectivity index (χ4n) is 2.51. The van der Waals surface area contributed by atoms with Crippen molar-refractivity contribution in [1.29, 1.82) is 0 Å². The zero-order chi connectivity index (χ0) is 21.0. The van der Waals surface area contributed by atoms with Crippen molar-refractivity contribution in [2.75, 3.05) is 17.4 Å². The number of para-hydroxylation sites is 1. The van der Waals surface area contributed by atoms with Gasteiger partial charge in [-0.3, -0.25) is 5.43 Å². The minimum atomic E-state index is -1.32. The second kappa shape index (κ2) is 9.13. The highest BCUT2D eigenvalue weighted by Gasteiger charge is 2.20. The summed E-state index contributed by atoms with van der Waals surface area (Å²) in [5.41, 5.74) is 5.20. The van der Waals surface area contributed by atoms with Gasteiger partial charge in [-0.1, -0.05) is 65.1 Å². The molecule has 0 bridgehead atoms. The van der Waals surface area contributed by atoms with Gasteiger partial charge in [0.05, 0.1) is 11.9 Å². The Morgan fingerprint density at radius 3 is 2.28 bits per heavy atom. The number of carbonyl (C=O) groups is 1. The van der Waals surface area contributed by atoms with E-state index in [0.717, 1.165) is 16.9 Å². The largest absolute Gasteiger partial charge is 0.476 e. The highest BCUT2D eigenvalue weighted by molar-refractivity contribution is 6.46. The number of hydrazone groups is 1. The molecule has 0 saturated heterocycles. The van der Waals surface area contributed by atoms with E-state index in [-0.39, 0.29) is 20.9 Å². The molecular weight excluding hydrogens is 435 g/mol. The number of hydrogen-bond acceptors (Lipinski definition) is 5. The molecule has 0 unspecified atom stereocenters. The lowest BCUT2D eigenvalue weighted by Crippen LogP contribution is -2.08. The summed E-state index contributed by atoms with van der Waals surface area (Å²) in [6, 6.07) is 17.7. The quantitative estimate of drug-likeness (QED) is 0.276. The van der Waals surface area contributed by atoms with Crippen molar-refractivity contribution in [3.8, 4) is 0 Å². The first-order valence-corrected chi connectivity index (χ1v) is 9.47. The summed E-state index contributed by atoms with van der Waals surface area (Å²) in [6.07, 6.45) is 1.55. The van der Waals surface area contributed by atoms with Gasteiger partial charge in [-0.2, -0.15) is 5.10 Å². The number of benzene rings is 2. The van der Waals surface area contributed by atoms with E-state index in [9.17, 15) is 4.79 Å². The van der Waals surface area contributed by atoms with Crippen molar-refractivity contribution in [1.82, 2.24) is 4.98 Å². The predicted octanol–water partition coefficient (Wildman–Crippen LogP) is 5.95. The first kappa shape index (κ1) is 20.9. The number of aromatic carboxylic acids is 1. The Hall–Kier alpha value is -2.80. The van der Waals surface area contributed by atoms with Crippen LogP contribution in [-0.2, 0) is 0 Å². The first-order valence-electron chi connectivity index (χ1n) is 8.34. The van der Waals surface area contributed by atoms with Gasteiger partial charge in [-0.15, -0.1) is 0 Å². The molecule has 0 atom stereocenters. The van der Waals surface area contributed by atoms with Crippen molar-refractivity contribution in [3.05, 3.63) is 81.1 Å². The van der Waals surface area contributed by atoms with Crippen LogP contribution in [0.3, 0.4) is 0 Å². The lowest BCUT2D eigenvalue weighted by molar-refractivity contribution is 0.0691. The third-order valence-corrected chi connectivity index (χ3v) is 5.16. The van der Waals surface area contributed by atoms with Crippen LogP contribution >= 0.6 is 34.8 Å². The first-order chi connectivity index (χ1) is 13.9. The molecule has 0 aliphatic heterocycles. The Labute approximate surface area is 182 Å². The number of nitrogens with zero attached hydrogens (tertiary/aromatic N) is 3. The summed E-state index contributed by atoms with van der Waals surface area (Å²) in [6.45, 7) is 0. The highest BCUT2D eigenvalue weighted by Crippen LogP contribution is 2.36. The molecule has 148 valence electrons. The van der Waals surface area contributed by atoms with Gasteiger partial charge in [0.1, 0.15) is 10.0 Å². The highest BCUT2D eigenvalue weighted by atomic mass is 35.5. The second-order valence-electron chi connectivity index (χ2n) is 5.92. The van der Waals surface area contributed by atoms with Crippen molar-refractivity contribution in [3.63, 3.8) is 0 Å². The fourth-order valence-corrected chi connectivity index (χ4v) is 3.18. The second-order valence-corrected chi connectivity index (χ2v) is 7.03. The number of anilines is 3. The zero-order valence-corrected chi connectivity index (χ0v) is 17.4. The van der Waals surface area contributed by atoms with E-state index in [1.165, 1.54) is 0 Å². The summed E-state index contributed by atoms with van der Waals surface area (Å²) < 4.78 is 0. The standard InChI is InChI=1S/C20H15Cl3N4O2/c1-27(13-5-3-2-4-6-13)14-9-7-12(8-10-14)11-24-26-17-15(21)18(20(28)29)25-19(23)16(17)22/h2-11H,1H3,(H,25,26)(H,28,29). The van der Waals surface area contributed by atoms with Crippen LogP contribution < -0.4 is 10.3 Å². The van der Waals surface area contributed by atoms with E-state index in [4.69, 9.17) is 39.9 Å². The van der Waals surface area contributed by atoms with Gasteiger partial charge in [0.25, 0.3) is 0 Å². The number of carboxylic acids is 1. The Balaban J connectivity index is 1.76. The summed E-state index contributed by atoms with van der Waals surface area (Å²) >= 11 is 18.0. The predicted molar refractivity (Wildman–Crippen MR) is 118 cm³/mol. The summed E-state index contributed by atoms with van der Waals surface area (Å²) in [4.78, 5) is 16.9. The normalized spacial score (nSPS) is 10.9. The van der Waals surface area contributed by atoms with Gasteiger partial charge < -0.3 is 10.0 Å². The molecule has 2 N–H and O–H groups in total. The zero-order valence-electron chi connectivity index (χ0n) is 15.1. The summed E-state index contributed by atoms with van der Waals surface area (Å²) in [5, 5.41) is 12.8. The summed E-state index contributed by atoms with van der Waals surface area (Å²) in [5.74, 6) is -1.32. The number of pyridine rings is 1. The maximum atomic E-state index is 11.2. The van der Waals surface area contributed by atoms with Gasteiger partial charge in [0.2, 0.25) is 0 Å². The smallest absolute Gasteiger partial charge is 0.356 e. The van der Waals surface area contributed by atoms with E-state index >= 15 is 0 Å². The average Bonchev–Trinajstić information content (AvgIpc) is 2.73. The van der Waals surface area contributed by atoms with Crippen LogP contribution in [0.5, 0.6) is 0 Å². The van der Waals surface area contributed by atoms with Crippen LogP contribution in [-0.4, -0.2) is 29.3 Å². The molecule has 0 aliphatic carbocycles. The molecule has 0 spiro atoms. The molecule has 0 radical (unpaired) electrons. The topological polar surface area (TPSA) is 77.8 Å². The molecule has 0 saturated carbocycles. The van der Waals surface area contributed by atoms with Gasteiger partial charge in [-0.05, 0) is 29.8 Å². The number of hydrogen-bond donors (Lipinski definition) is 2. The molecular formula is C20H15Cl3N4O2. The molecule has 0 amide bonds. The number of carboxylic acid groups (broad SMARTS) is 1. The van der Waals surface area contributed by atoms with Crippen molar-refractivity contribution >= 4 is 64.0 Å². The maximum Gasteiger partial charge on any atom is 0.356 e. The lowest BCUT2D eigenvalue weighted by atomic mass is 10.2. The van der Waals surface area contributed by atoms with E-state index in [0.29, 0.717) is 0 Å². The molecule has 0 fully saturated rings. The SMILES string of the molecule is CN(c1ccccc1)c1ccc(C=NNc2c(Cl)c(Cl)nc(C(=O)O)c2Cl)cc1. The van der Waals surface area contributed by atoms with Gasteiger partial charge in [-0.25, -0.2) is 9.78 Å². The Bertz CT molecular complexity index is 1060.